The lowest BCUT2D eigenvalue weighted by molar-refractivity contribution is -0.192. The van der Waals surface area contributed by atoms with E-state index in [4.69, 9.17) is 23.9 Å². The third-order valence-electron chi connectivity index (χ3n) is 5.94. The van der Waals surface area contributed by atoms with Crippen molar-refractivity contribution in [2.45, 2.75) is 64.4 Å². The molecule has 2 heterocycles. The first kappa shape index (κ1) is 23.0. The summed E-state index contributed by atoms with van der Waals surface area (Å²) in [5, 5.41) is 11.2. The van der Waals surface area contributed by atoms with Gasteiger partial charge in [-0.25, -0.2) is 4.79 Å². The lowest BCUT2D eigenvalue weighted by Gasteiger charge is -2.37. The molecule has 170 valence electrons. The number of carboxylic acids is 1. The molecule has 0 spiro atoms. The number of aromatic nitrogens is 1. The van der Waals surface area contributed by atoms with Crippen molar-refractivity contribution >= 4 is 5.97 Å². The third-order valence-corrected chi connectivity index (χ3v) is 5.94. The Bertz CT molecular complexity index is 700. The fourth-order valence-electron chi connectivity index (χ4n) is 4.07. The van der Waals surface area contributed by atoms with Gasteiger partial charge in [0.1, 0.15) is 5.76 Å². The summed E-state index contributed by atoms with van der Waals surface area (Å²) in [7, 11) is 0. The highest BCUT2D eigenvalue weighted by molar-refractivity contribution is 5.73. The molecular weight excluding hydrogens is 405 g/mol. The molecule has 30 heavy (non-hydrogen) atoms. The van der Waals surface area contributed by atoms with E-state index in [-0.39, 0.29) is 0 Å². The maximum Gasteiger partial charge on any atom is 0.490 e. The number of carboxylic acid groups (broad SMARTS) is 1. The van der Waals surface area contributed by atoms with E-state index in [1.165, 1.54) is 24.8 Å². The van der Waals surface area contributed by atoms with Crippen LogP contribution in [0.5, 0.6) is 0 Å². The number of carbonyl (C=O) groups is 1. The number of alkyl halides is 3. The standard InChI is InChI=1S/C18H28N2O3.C2HF3O2/c1-12-16(13(2)23-19-12)9-20-5-6-22-18-8-15(7-17(18)20)11-21-10-14-3-4-14;3-2(4,5)1(6)7/h14-15,17-18H,3-11H2,1-2H3;(H,6,7). The topological polar surface area (TPSA) is 85.0 Å². The lowest BCUT2D eigenvalue weighted by atomic mass is 10.1. The summed E-state index contributed by atoms with van der Waals surface area (Å²) in [6.07, 6.45) is 0.361. The van der Waals surface area contributed by atoms with Gasteiger partial charge >= 0.3 is 12.1 Å². The zero-order valence-corrected chi connectivity index (χ0v) is 17.3. The molecule has 0 bridgehead atoms. The van der Waals surface area contributed by atoms with Crippen LogP contribution in [0.1, 0.15) is 42.7 Å². The molecule has 3 fully saturated rings. The van der Waals surface area contributed by atoms with Gasteiger partial charge in [0, 0.05) is 37.9 Å². The van der Waals surface area contributed by atoms with Crippen LogP contribution in [-0.2, 0) is 20.8 Å². The molecule has 3 unspecified atom stereocenters. The predicted molar refractivity (Wildman–Crippen MR) is 99.9 cm³/mol. The van der Waals surface area contributed by atoms with Crippen LogP contribution in [0.4, 0.5) is 13.2 Å². The van der Waals surface area contributed by atoms with E-state index in [1.807, 2.05) is 13.8 Å². The van der Waals surface area contributed by atoms with Gasteiger partial charge < -0.3 is 19.1 Å². The van der Waals surface area contributed by atoms with Crippen molar-refractivity contribution in [2.24, 2.45) is 11.8 Å². The van der Waals surface area contributed by atoms with Crippen molar-refractivity contribution in [3.63, 3.8) is 0 Å². The molecule has 7 nitrogen and oxygen atoms in total. The molecular formula is C20H29F3N2O5. The van der Waals surface area contributed by atoms with Gasteiger partial charge in [-0.05, 0) is 51.4 Å². The van der Waals surface area contributed by atoms with Crippen molar-refractivity contribution in [2.75, 3.05) is 26.4 Å². The van der Waals surface area contributed by atoms with Crippen LogP contribution in [0.2, 0.25) is 0 Å². The summed E-state index contributed by atoms with van der Waals surface area (Å²) in [4.78, 5) is 11.5. The van der Waals surface area contributed by atoms with Crippen LogP contribution < -0.4 is 0 Å². The molecule has 4 rings (SSSR count). The highest BCUT2D eigenvalue weighted by atomic mass is 19.4. The average molecular weight is 434 g/mol. The van der Waals surface area contributed by atoms with Crippen LogP contribution in [0.15, 0.2) is 4.52 Å². The van der Waals surface area contributed by atoms with E-state index in [0.29, 0.717) is 18.1 Å². The lowest BCUT2D eigenvalue weighted by Crippen LogP contribution is -2.48. The Labute approximate surface area is 173 Å². The maximum atomic E-state index is 10.6. The minimum atomic E-state index is -5.08. The van der Waals surface area contributed by atoms with E-state index in [2.05, 4.69) is 10.1 Å². The van der Waals surface area contributed by atoms with Crippen molar-refractivity contribution < 1.29 is 37.1 Å². The minimum absolute atomic E-state index is 0.374. The average Bonchev–Trinajstić information content (AvgIpc) is 3.31. The number of rotatable bonds is 6. The number of nitrogens with zero attached hydrogens (tertiary/aromatic N) is 2. The van der Waals surface area contributed by atoms with E-state index in [0.717, 1.165) is 56.7 Å². The summed E-state index contributed by atoms with van der Waals surface area (Å²) in [6.45, 7) is 8.69. The van der Waals surface area contributed by atoms with Gasteiger partial charge in [0.05, 0.1) is 18.4 Å². The van der Waals surface area contributed by atoms with E-state index in [1.54, 1.807) is 0 Å². The third kappa shape index (κ3) is 6.18. The second-order valence-corrected chi connectivity index (χ2v) is 8.37. The summed E-state index contributed by atoms with van der Waals surface area (Å²) in [6, 6.07) is 0.520. The molecule has 3 aliphatic rings. The second kappa shape index (κ2) is 9.65. The van der Waals surface area contributed by atoms with Gasteiger partial charge in [0.15, 0.2) is 0 Å². The normalized spacial score (nSPS) is 26.8. The molecule has 2 aliphatic carbocycles. The van der Waals surface area contributed by atoms with E-state index < -0.39 is 12.1 Å². The number of fused-ring (bicyclic) bond motifs is 1. The zero-order valence-electron chi connectivity index (χ0n) is 17.3. The van der Waals surface area contributed by atoms with E-state index >= 15 is 0 Å². The Morgan fingerprint density at radius 2 is 1.90 bits per heavy atom. The first-order valence-corrected chi connectivity index (χ1v) is 10.3. The van der Waals surface area contributed by atoms with Crippen LogP contribution in [-0.4, -0.2) is 65.8 Å². The van der Waals surface area contributed by atoms with Crippen LogP contribution in [0.3, 0.4) is 0 Å². The molecule has 1 aliphatic heterocycles. The highest BCUT2D eigenvalue weighted by Gasteiger charge is 2.41. The first-order chi connectivity index (χ1) is 14.1. The number of aryl methyl sites for hydroxylation is 2. The Kier molecular flexibility index (Phi) is 7.41. The first-order valence-electron chi connectivity index (χ1n) is 10.3. The molecule has 0 radical (unpaired) electrons. The fourth-order valence-corrected chi connectivity index (χ4v) is 4.07. The molecule has 2 saturated carbocycles. The number of ether oxygens (including phenoxy) is 2. The van der Waals surface area contributed by atoms with Gasteiger partial charge in [-0.2, -0.15) is 13.2 Å². The van der Waals surface area contributed by atoms with Crippen molar-refractivity contribution in [3.8, 4) is 0 Å². The number of morpholine rings is 1. The molecule has 0 amide bonds. The van der Waals surface area contributed by atoms with Crippen LogP contribution in [0.25, 0.3) is 0 Å². The molecule has 3 atom stereocenters. The summed E-state index contributed by atoms with van der Waals surface area (Å²) < 4.78 is 49.0. The van der Waals surface area contributed by atoms with Gasteiger partial charge in [0.25, 0.3) is 0 Å². The zero-order chi connectivity index (χ0) is 21.9. The predicted octanol–water partition coefficient (Wildman–Crippen LogP) is 3.33. The second-order valence-electron chi connectivity index (χ2n) is 8.37. The molecule has 0 aromatic carbocycles. The van der Waals surface area contributed by atoms with E-state index in [9.17, 15) is 13.2 Å². The van der Waals surface area contributed by atoms with Crippen LogP contribution >= 0.6 is 0 Å². The maximum absolute atomic E-state index is 10.6. The van der Waals surface area contributed by atoms with Crippen molar-refractivity contribution in [1.82, 2.24) is 10.1 Å². The quantitative estimate of drug-likeness (QED) is 0.735. The Morgan fingerprint density at radius 1 is 1.23 bits per heavy atom. The minimum Gasteiger partial charge on any atom is -0.475 e. The highest BCUT2D eigenvalue weighted by Crippen LogP contribution is 2.36. The molecule has 1 aromatic rings. The molecule has 10 heteroatoms. The summed E-state index contributed by atoms with van der Waals surface area (Å²) in [5.74, 6) is -0.305. The summed E-state index contributed by atoms with van der Waals surface area (Å²) >= 11 is 0. The molecule has 1 aromatic heterocycles. The fraction of sp³-hybridized carbons (Fsp3) is 0.800. The SMILES string of the molecule is Cc1noc(C)c1CN1CCOC2CC(COCC3CC3)CC21.O=C(O)C(F)(F)F. The summed E-state index contributed by atoms with van der Waals surface area (Å²) in [5.41, 5.74) is 2.27. The van der Waals surface area contributed by atoms with Crippen LogP contribution in [0, 0.1) is 25.7 Å². The van der Waals surface area contributed by atoms with Gasteiger partial charge in [-0.1, -0.05) is 5.16 Å². The van der Waals surface area contributed by atoms with Gasteiger partial charge in [-0.15, -0.1) is 0 Å². The number of hydrogen-bond donors (Lipinski definition) is 1. The van der Waals surface area contributed by atoms with Crippen molar-refractivity contribution in [3.05, 3.63) is 17.0 Å². The van der Waals surface area contributed by atoms with Crippen molar-refractivity contribution in [1.29, 1.82) is 0 Å². The number of halogens is 3. The number of hydrogen-bond acceptors (Lipinski definition) is 6. The molecule has 1 saturated heterocycles. The van der Waals surface area contributed by atoms with Gasteiger partial charge in [0.2, 0.25) is 0 Å². The monoisotopic (exact) mass is 434 g/mol. The Hall–Kier alpha value is -1.65. The molecule has 1 N–H and O–H groups in total. The largest absolute Gasteiger partial charge is 0.490 e. The van der Waals surface area contributed by atoms with Gasteiger partial charge in [-0.3, -0.25) is 4.90 Å². The Morgan fingerprint density at radius 3 is 2.47 bits per heavy atom. The number of aliphatic carboxylic acids is 1. The smallest absolute Gasteiger partial charge is 0.475 e. The Balaban J connectivity index is 0.000000318.